The van der Waals surface area contributed by atoms with Gasteiger partial charge in [-0.05, 0) is 86.4 Å². The van der Waals surface area contributed by atoms with E-state index in [0.717, 1.165) is 42.4 Å². The highest BCUT2D eigenvalue weighted by molar-refractivity contribution is 5.79. The quantitative estimate of drug-likeness (QED) is 0.581. The molecule has 0 N–H and O–H groups in total. The molecule has 4 aliphatic carbocycles. The van der Waals surface area contributed by atoms with Crippen molar-refractivity contribution in [2.24, 2.45) is 35.0 Å². The van der Waals surface area contributed by atoms with Gasteiger partial charge in [-0.15, -0.1) is 0 Å². The van der Waals surface area contributed by atoms with Gasteiger partial charge in [0.25, 0.3) is 0 Å². The first-order valence-corrected chi connectivity index (χ1v) is 9.84. The van der Waals surface area contributed by atoms with Crippen molar-refractivity contribution in [1.29, 1.82) is 0 Å². The van der Waals surface area contributed by atoms with Crippen molar-refractivity contribution in [3.05, 3.63) is 11.6 Å². The summed E-state index contributed by atoms with van der Waals surface area (Å²) in [5.41, 5.74) is 2.31. The van der Waals surface area contributed by atoms with E-state index in [1.165, 1.54) is 51.4 Å². The van der Waals surface area contributed by atoms with E-state index in [9.17, 15) is 4.79 Å². The topological polar surface area (TPSA) is 17.1 Å². The molecule has 0 bridgehead atoms. The van der Waals surface area contributed by atoms with Gasteiger partial charge in [-0.1, -0.05) is 25.5 Å². The zero-order valence-corrected chi connectivity index (χ0v) is 14.4. The normalized spacial score (nSPS) is 49.6. The van der Waals surface area contributed by atoms with Gasteiger partial charge >= 0.3 is 0 Å². The first kappa shape index (κ1) is 15.0. The largest absolute Gasteiger partial charge is 0.300 e. The van der Waals surface area contributed by atoms with Crippen LogP contribution in [-0.4, -0.2) is 5.78 Å². The van der Waals surface area contributed by atoms with E-state index in [0.29, 0.717) is 11.2 Å². The number of fused-ring (bicyclic) bond motifs is 5. The maximum atomic E-state index is 11.8. The first-order chi connectivity index (χ1) is 10.6. The van der Waals surface area contributed by atoms with E-state index in [1.807, 2.05) is 0 Å². The SMILES string of the molecule is CC/C=C1/CC[C@H]2[C@@H]3CC[C@@H]4CC(=O)CC[C@@H]4[C@H]3CC[C@]12C. The van der Waals surface area contributed by atoms with Gasteiger partial charge in [0.05, 0.1) is 0 Å². The van der Waals surface area contributed by atoms with Crippen LogP contribution in [-0.2, 0) is 4.79 Å². The van der Waals surface area contributed by atoms with Crippen LogP contribution in [0.2, 0.25) is 0 Å². The number of ketones is 1. The minimum atomic E-state index is 0.522. The van der Waals surface area contributed by atoms with Gasteiger partial charge in [-0.25, -0.2) is 0 Å². The van der Waals surface area contributed by atoms with Crippen LogP contribution < -0.4 is 0 Å². The smallest absolute Gasteiger partial charge is 0.133 e. The van der Waals surface area contributed by atoms with Crippen LogP contribution >= 0.6 is 0 Å². The zero-order valence-electron chi connectivity index (χ0n) is 14.4. The summed E-state index contributed by atoms with van der Waals surface area (Å²) in [6, 6.07) is 0. The Hall–Kier alpha value is -0.590. The summed E-state index contributed by atoms with van der Waals surface area (Å²) in [4.78, 5) is 11.8. The Morgan fingerprint density at radius 1 is 1.05 bits per heavy atom. The summed E-state index contributed by atoms with van der Waals surface area (Å²) in [7, 11) is 0. The summed E-state index contributed by atoms with van der Waals surface area (Å²) in [5.74, 6) is 5.05. The lowest BCUT2D eigenvalue weighted by atomic mass is 9.50. The summed E-state index contributed by atoms with van der Waals surface area (Å²) < 4.78 is 0. The maximum absolute atomic E-state index is 11.8. The van der Waals surface area contributed by atoms with Crippen molar-refractivity contribution in [2.75, 3.05) is 0 Å². The van der Waals surface area contributed by atoms with E-state index in [4.69, 9.17) is 0 Å². The highest BCUT2D eigenvalue weighted by Gasteiger charge is 2.55. The molecule has 1 heteroatoms. The predicted molar refractivity (Wildman–Crippen MR) is 90.5 cm³/mol. The van der Waals surface area contributed by atoms with Gasteiger partial charge in [0, 0.05) is 12.8 Å². The van der Waals surface area contributed by atoms with Gasteiger partial charge in [-0.2, -0.15) is 0 Å². The second-order valence-corrected chi connectivity index (χ2v) is 8.85. The number of carbonyl (C=O) groups is 1. The van der Waals surface area contributed by atoms with E-state index >= 15 is 0 Å². The molecule has 0 aromatic carbocycles. The van der Waals surface area contributed by atoms with Crippen LogP contribution in [0, 0.1) is 35.0 Å². The van der Waals surface area contributed by atoms with Crippen LogP contribution in [0.15, 0.2) is 11.6 Å². The summed E-state index contributed by atoms with van der Waals surface area (Å²) in [6.45, 7) is 4.87. The Morgan fingerprint density at radius 3 is 2.73 bits per heavy atom. The van der Waals surface area contributed by atoms with E-state index in [-0.39, 0.29) is 0 Å². The molecule has 4 rings (SSSR count). The molecule has 0 heterocycles. The third-order valence-electron chi connectivity index (χ3n) is 8.06. The second-order valence-electron chi connectivity index (χ2n) is 8.85. The molecule has 4 aliphatic rings. The van der Waals surface area contributed by atoms with E-state index in [2.05, 4.69) is 19.9 Å². The maximum Gasteiger partial charge on any atom is 0.133 e. The molecule has 0 aliphatic heterocycles. The van der Waals surface area contributed by atoms with Crippen molar-refractivity contribution in [3.63, 3.8) is 0 Å². The molecule has 0 aromatic heterocycles. The zero-order chi connectivity index (χ0) is 15.3. The van der Waals surface area contributed by atoms with Crippen LogP contribution in [0.25, 0.3) is 0 Å². The minimum Gasteiger partial charge on any atom is -0.300 e. The van der Waals surface area contributed by atoms with Gasteiger partial charge in [0.2, 0.25) is 0 Å². The number of hydrogen-bond acceptors (Lipinski definition) is 1. The average Bonchev–Trinajstić information content (AvgIpc) is 2.84. The highest BCUT2D eigenvalue weighted by Crippen LogP contribution is 2.63. The van der Waals surface area contributed by atoms with Gasteiger partial charge in [0.15, 0.2) is 0 Å². The monoisotopic (exact) mass is 300 g/mol. The molecule has 4 fully saturated rings. The molecule has 4 saturated carbocycles. The van der Waals surface area contributed by atoms with Crippen molar-refractivity contribution in [1.82, 2.24) is 0 Å². The highest BCUT2D eigenvalue weighted by atomic mass is 16.1. The summed E-state index contributed by atoms with van der Waals surface area (Å²) in [5, 5.41) is 0. The van der Waals surface area contributed by atoms with Crippen molar-refractivity contribution in [2.45, 2.75) is 78.1 Å². The lowest BCUT2D eigenvalue weighted by molar-refractivity contribution is -0.126. The molecule has 0 saturated heterocycles. The molecule has 1 nitrogen and oxygen atoms in total. The minimum absolute atomic E-state index is 0.522. The molecule has 0 amide bonds. The molecule has 0 spiro atoms. The van der Waals surface area contributed by atoms with Crippen LogP contribution in [0.1, 0.15) is 78.1 Å². The van der Waals surface area contributed by atoms with Crippen LogP contribution in [0.4, 0.5) is 0 Å². The third-order valence-corrected chi connectivity index (χ3v) is 8.06. The van der Waals surface area contributed by atoms with Gasteiger partial charge < -0.3 is 0 Å². The molecule has 6 atom stereocenters. The lowest BCUT2D eigenvalue weighted by Gasteiger charge is -2.54. The Labute approximate surface area is 135 Å². The Bertz CT molecular complexity index is 490. The Kier molecular flexibility index (Phi) is 3.74. The molecule has 122 valence electrons. The molecule has 22 heavy (non-hydrogen) atoms. The van der Waals surface area contributed by atoms with Crippen LogP contribution in [0.3, 0.4) is 0 Å². The fraction of sp³-hybridized carbons (Fsp3) is 0.857. The molecule has 0 aromatic rings. The summed E-state index contributed by atoms with van der Waals surface area (Å²) in [6.07, 6.45) is 15.2. The van der Waals surface area contributed by atoms with Crippen molar-refractivity contribution >= 4 is 5.78 Å². The van der Waals surface area contributed by atoms with Crippen molar-refractivity contribution < 1.29 is 4.79 Å². The predicted octanol–water partition coefficient (Wildman–Crippen LogP) is 5.54. The summed E-state index contributed by atoms with van der Waals surface area (Å²) >= 11 is 0. The molecular weight excluding hydrogens is 268 g/mol. The number of hydrogen-bond donors (Lipinski definition) is 0. The number of rotatable bonds is 1. The Morgan fingerprint density at radius 2 is 1.91 bits per heavy atom. The van der Waals surface area contributed by atoms with Gasteiger partial charge in [-0.3, -0.25) is 4.79 Å². The van der Waals surface area contributed by atoms with Gasteiger partial charge in [0.1, 0.15) is 5.78 Å². The lowest BCUT2D eigenvalue weighted by Crippen LogP contribution is -2.47. The fourth-order valence-corrected chi connectivity index (χ4v) is 7.09. The number of allylic oxidation sites excluding steroid dienone is 2. The number of Topliss-reactive ketones (excluding diaryl/α,β-unsaturated/α-hetero) is 1. The fourth-order valence-electron chi connectivity index (χ4n) is 7.09. The third kappa shape index (κ3) is 2.14. The molecule has 0 unspecified atom stereocenters. The first-order valence-electron chi connectivity index (χ1n) is 9.84. The molecular formula is C21H32O. The second kappa shape index (κ2) is 5.49. The standard InChI is InChI=1S/C21H32O/c1-3-4-15-6-10-20-19-8-5-14-13-16(22)7-9-17(14)18(19)11-12-21(15,20)2/h4,14,17-20H,3,5-13H2,1-2H3/b15-4-/t14-,17+,18-,19-,20+,21-/m1/s1. The van der Waals surface area contributed by atoms with Crippen LogP contribution in [0.5, 0.6) is 0 Å². The molecule has 0 radical (unpaired) electrons. The van der Waals surface area contributed by atoms with E-state index < -0.39 is 0 Å². The average molecular weight is 300 g/mol. The van der Waals surface area contributed by atoms with Crippen molar-refractivity contribution in [3.8, 4) is 0 Å². The Balaban J connectivity index is 1.58. The number of carbonyl (C=O) groups excluding carboxylic acids is 1. The van der Waals surface area contributed by atoms with E-state index in [1.54, 1.807) is 5.57 Å².